The van der Waals surface area contributed by atoms with Crippen molar-refractivity contribution in [2.24, 2.45) is 37.9 Å². The number of hydrogen-bond acceptors (Lipinski definition) is 0. The number of rotatable bonds is 6. The van der Waals surface area contributed by atoms with E-state index < -0.39 is 0 Å². The van der Waals surface area contributed by atoms with Crippen LogP contribution in [0.2, 0.25) is 0 Å². The Kier molecular flexibility index (Phi) is 12.5. The van der Waals surface area contributed by atoms with Crippen molar-refractivity contribution in [2.45, 2.75) is 125 Å². The summed E-state index contributed by atoms with van der Waals surface area (Å²) in [6, 6.07) is 10.9. The van der Waals surface area contributed by atoms with E-state index in [4.69, 9.17) is 0 Å². The Labute approximate surface area is 253 Å². The van der Waals surface area contributed by atoms with E-state index in [9.17, 15) is 0 Å². The van der Waals surface area contributed by atoms with Gasteiger partial charge in [-0.3, -0.25) is 0 Å². The third-order valence-electron chi connectivity index (χ3n) is 11.8. The van der Waals surface area contributed by atoms with E-state index in [-0.39, 0.29) is 89.3 Å². The van der Waals surface area contributed by atoms with Gasteiger partial charge in [0.25, 0.3) is 0 Å². The molecule has 0 radical (unpaired) electrons. The average Bonchev–Trinajstić information content (AvgIpc) is 2.60. The van der Waals surface area contributed by atoms with E-state index in [1.165, 1.54) is 11.5 Å². The van der Waals surface area contributed by atoms with Gasteiger partial charge >= 0.3 is 51.4 Å². The van der Waals surface area contributed by atoms with E-state index >= 15 is 0 Å². The predicted molar refractivity (Wildman–Crippen MR) is 147 cm³/mol. The summed E-state index contributed by atoms with van der Waals surface area (Å²) in [5, 5.41) is 0. The summed E-state index contributed by atoms with van der Waals surface area (Å²) in [5.41, 5.74) is 2.43. The summed E-state index contributed by atoms with van der Waals surface area (Å²) in [6.07, 6.45) is 0. The van der Waals surface area contributed by atoms with Gasteiger partial charge in [-0.15, -0.1) is 0 Å². The van der Waals surface area contributed by atoms with Crippen molar-refractivity contribution in [3.05, 3.63) is 41.8 Å². The molecule has 0 saturated carbocycles. The SMILES string of the molecule is C[C-](C)C(C)(C)C(C)(C)C(C)(C)C(C)(C)C(C)(C)C(C)(C)C(C)(C)C.Cc1[c-]cccc1.[K+]. The first-order valence-electron chi connectivity index (χ1n) is 12.6. The topological polar surface area (TPSA) is 0 Å². The summed E-state index contributed by atoms with van der Waals surface area (Å²) in [4.78, 5) is 0. The summed E-state index contributed by atoms with van der Waals surface area (Å²) < 4.78 is 0. The normalized spacial score (nSPS) is 14.4. The molecule has 0 bridgehead atoms. The molecule has 0 aliphatic heterocycles. The van der Waals surface area contributed by atoms with Gasteiger partial charge in [-0.1, -0.05) is 116 Å². The Morgan fingerprint density at radius 1 is 0.576 bits per heavy atom. The van der Waals surface area contributed by atoms with Crippen LogP contribution in [-0.4, -0.2) is 0 Å². The Morgan fingerprint density at radius 3 is 1.18 bits per heavy atom. The van der Waals surface area contributed by atoms with Crippen molar-refractivity contribution in [1.29, 1.82) is 0 Å². The molecule has 33 heavy (non-hydrogen) atoms. The molecule has 0 unspecified atom stereocenters. The minimum absolute atomic E-state index is 0. The van der Waals surface area contributed by atoms with E-state index in [1.54, 1.807) is 0 Å². The smallest absolute Gasteiger partial charge is 0.314 e. The van der Waals surface area contributed by atoms with E-state index in [2.05, 4.69) is 124 Å². The molecule has 0 atom stereocenters. The molecule has 1 rings (SSSR count). The number of aryl methyl sites for hydroxylation is 1. The van der Waals surface area contributed by atoms with Crippen LogP contribution in [0.1, 0.15) is 123 Å². The van der Waals surface area contributed by atoms with Gasteiger partial charge < -0.3 is 5.92 Å². The van der Waals surface area contributed by atoms with Gasteiger partial charge in [-0.05, 0) is 27.1 Å². The van der Waals surface area contributed by atoms with Crippen molar-refractivity contribution >= 4 is 0 Å². The maximum absolute atomic E-state index is 3.03. The zero-order valence-electron chi connectivity index (χ0n) is 26.3. The quantitative estimate of drug-likeness (QED) is 0.290. The maximum atomic E-state index is 3.03. The second-order valence-electron chi connectivity index (χ2n) is 14.5. The van der Waals surface area contributed by atoms with Crippen molar-refractivity contribution in [2.75, 3.05) is 0 Å². The van der Waals surface area contributed by atoms with Gasteiger partial charge in [-0.25, -0.2) is 0 Å². The van der Waals surface area contributed by atoms with E-state index in [0.29, 0.717) is 0 Å². The largest absolute Gasteiger partial charge is 1.00 e. The molecule has 1 aromatic carbocycles. The first kappa shape index (κ1) is 36.0. The summed E-state index contributed by atoms with van der Waals surface area (Å²) >= 11 is 0. The Hall–Kier alpha value is 0.856. The van der Waals surface area contributed by atoms with Crippen molar-refractivity contribution in [1.82, 2.24) is 0 Å². The van der Waals surface area contributed by atoms with Crippen LogP contribution in [0, 0.1) is 56.8 Å². The molecule has 0 amide bonds. The monoisotopic (exact) mass is 481 g/mol. The molecule has 0 N–H and O–H groups in total. The molecule has 0 aliphatic rings. The fourth-order valence-electron chi connectivity index (χ4n) is 5.17. The van der Waals surface area contributed by atoms with Crippen LogP contribution >= 0.6 is 0 Å². The first-order valence-corrected chi connectivity index (χ1v) is 12.6. The molecule has 0 saturated heterocycles. The van der Waals surface area contributed by atoms with E-state index in [0.717, 1.165) is 0 Å². The van der Waals surface area contributed by atoms with Crippen LogP contribution in [-0.2, 0) is 0 Å². The van der Waals surface area contributed by atoms with Crippen LogP contribution in [0.4, 0.5) is 0 Å². The zero-order chi connectivity index (χ0) is 26.2. The molecule has 0 aliphatic carbocycles. The summed E-state index contributed by atoms with van der Waals surface area (Å²) in [7, 11) is 0. The molecular formula is C32H58K-. The van der Waals surface area contributed by atoms with Crippen molar-refractivity contribution in [3.63, 3.8) is 0 Å². The molecule has 0 nitrogen and oxygen atoms in total. The molecule has 1 heteroatoms. The van der Waals surface area contributed by atoms with Gasteiger partial charge in [0, 0.05) is 0 Å². The third kappa shape index (κ3) is 6.60. The number of benzene rings is 1. The van der Waals surface area contributed by atoms with Gasteiger partial charge in [0.2, 0.25) is 0 Å². The van der Waals surface area contributed by atoms with Gasteiger partial charge in [0.05, 0.1) is 0 Å². The predicted octanol–water partition coefficient (Wildman–Crippen LogP) is 7.60. The summed E-state index contributed by atoms with van der Waals surface area (Å²) in [5.74, 6) is 1.52. The molecular weight excluding hydrogens is 423 g/mol. The van der Waals surface area contributed by atoms with Gasteiger partial charge in [0.15, 0.2) is 0 Å². The summed E-state index contributed by atoms with van der Waals surface area (Å²) in [6.45, 7) is 43.7. The van der Waals surface area contributed by atoms with E-state index in [1.807, 2.05) is 31.2 Å². The van der Waals surface area contributed by atoms with Crippen molar-refractivity contribution < 1.29 is 51.4 Å². The average molecular weight is 482 g/mol. The fraction of sp³-hybridized carbons (Fsp3) is 0.781. The Balaban J connectivity index is 0. The maximum Gasteiger partial charge on any atom is 1.00 e. The van der Waals surface area contributed by atoms with Crippen LogP contribution in [0.3, 0.4) is 0 Å². The van der Waals surface area contributed by atoms with Gasteiger partial charge in [0.1, 0.15) is 0 Å². The number of hydrogen-bond donors (Lipinski definition) is 0. The second-order valence-corrected chi connectivity index (χ2v) is 14.5. The second kappa shape index (κ2) is 11.5. The molecule has 0 heterocycles. The molecule has 0 aromatic heterocycles. The van der Waals surface area contributed by atoms with Gasteiger partial charge in [-0.2, -0.15) is 55.2 Å². The molecule has 0 fully saturated rings. The van der Waals surface area contributed by atoms with Crippen LogP contribution < -0.4 is 51.4 Å². The minimum atomic E-state index is 0. The van der Waals surface area contributed by atoms with Crippen LogP contribution in [0.15, 0.2) is 24.3 Å². The standard InChI is InChI=1S/C25H51.C7H7.K/c1-18(2)20(6,7)22(10,11)24(14,15)25(16,17)23(12,13)21(8,9)19(3,4)5;1-7-5-3-2-4-6-7;/h1-17H3;2-5H,1H3;/q2*-1;+1. The Morgan fingerprint density at radius 2 is 0.939 bits per heavy atom. The van der Waals surface area contributed by atoms with Crippen molar-refractivity contribution in [3.8, 4) is 0 Å². The van der Waals surface area contributed by atoms with Crippen LogP contribution in [0.5, 0.6) is 0 Å². The third-order valence-corrected chi connectivity index (χ3v) is 11.8. The Bertz CT molecular complexity index is 707. The molecule has 1 aromatic rings. The fourth-order valence-corrected chi connectivity index (χ4v) is 5.17. The minimum Gasteiger partial charge on any atom is -0.314 e. The first-order chi connectivity index (χ1) is 13.8. The molecule has 0 spiro atoms. The van der Waals surface area contributed by atoms with Crippen LogP contribution in [0.25, 0.3) is 0 Å². The molecule has 188 valence electrons. The zero-order valence-corrected chi connectivity index (χ0v) is 29.4.